The Morgan fingerprint density at radius 1 is 0.392 bits per heavy atom. The second-order valence-electron chi connectivity index (χ2n) is 12.6. The highest BCUT2D eigenvalue weighted by atomic mass is 32.2. The first-order chi connectivity index (χ1) is 25.2. The predicted molar refractivity (Wildman–Crippen MR) is 212 cm³/mol. The fourth-order valence-corrected chi connectivity index (χ4v) is 7.92. The fourth-order valence-electron chi connectivity index (χ4n) is 7.02. The molecule has 0 saturated heterocycles. The minimum Gasteiger partial charge on any atom is -0.228 e. The highest BCUT2D eigenvalue weighted by molar-refractivity contribution is 7.99. The molecule has 1 aromatic heterocycles. The van der Waals surface area contributed by atoms with Crippen LogP contribution in [0.1, 0.15) is 27.8 Å². The average molecular weight is 673 g/mol. The average Bonchev–Trinajstić information content (AvgIpc) is 3.20. The number of aromatic nitrogens is 2. The van der Waals surface area contributed by atoms with E-state index in [9.17, 15) is 0 Å². The van der Waals surface area contributed by atoms with Crippen molar-refractivity contribution in [1.29, 1.82) is 0 Å². The van der Waals surface area contributed by atoms with Crippen molar-refractivity contribution in [3.05, 3.63) is 228 Å². The van der Waals surface area contributed by atoms with Gasteiger partial charge in [0, 0.05) is 26.5 Å². The lowest BCUT2D eigenvalue weighted by atomic mass is 9.65. The molecule has 0 fully saturated rings. The summed E-state index contributed by atoms with van der Waals surface area (Å²) >= 11 is 1.74. The molecule has 0 radical (unpaired) electrons. The SMILES string of the molecule is Cc1ccccc1-c1cc(-c2cccc(C(c3ccccc3)(c3ccccc3)c3ccccc3)c2)nc(-c2cccc(Sc3ccccc3)c2)n1. The molecule has 0 spiro atoms. The predicted octanol–water partition coefficient (Wildman–Crippen LogP) is 12.3. The third-order valence-electron chi connectivity index (χ3n) is 9.43. The zero-order valence-corrected chi connectivity index (χ0v) is 29.2. The third kappa shape index (κ3) is 6.52. The van der Waals surface area contributed by atoms with Gasteiger partial charge in [0.05, 0.1) is 16.8 Å². The van der Waals surface area contributed by atoms with E-state index in [4.69, 9.17) is 9.97 Å². The normalized spacial score (nSPS) is 11.3. The first kappa shape index (κ1) is 32.2. The zero-order chi connectivity index (χ0) is 34.5. The number of benzene rings is 7. The van der Waals surface area contributed by atoms with Crippen LogP contribution in [-0.2, 0) is 5.41 Å². The highest BCUT2D eigenvalue weighted by Gasteiger charge is 2.38. The van der Waals surface area contributed by atoms with Gasteiger partial charge in [-0.2, -0.15) is 0 Å². The molecule has 0 N–H and O–H groups in total. The summed E-state index contributed by atoms with van der Waals surface area (Å²) in [5.74, 6) is 0.701. The van der Waals surface area contributed by atoms with Crippen LogP contribution >= 0.6 is 11.8 Å². The first-order valence-electron chi connectivity index (χ1n) is 17.2. The summed E-state index contributed by atoms with van der Waals surface area (Å²) in [4.78, 5) is 12.8. The molecule has 3 heteroatoms. The number of aryl methyl sites for hydroxylation is 1. The van der Waals surface area contributed by atoms with E-state index >= 15 is 0 Å². The van der Waals surface area contributed by atoms with Gasteiger partial charge in [0.1, 0.15) is 0 Å². The number of rotatable bonds is 9. The summed E-state index contributed by atoms with van der Waals surface area (Å²) < 4.78 is 0. The van der Waals surface area contributed by atoms with Gasteiger partial charge in [-0.25, -0.2) is 9.97 Å². The van der Waals surface area contributed by atoms with Crippen LogP contribution in [-0.4, -0.2) is 9.97 Å². The Bertz CT molecular complexity index is 2290. The smallest absolute Gasteiger partial charge is 0.160 e. The minimum absolute atomic E-state index is 0.558. The van der Waals surface area contributed by atoms with E-state index in [1.54, 1.807) is 11.8 Å². The minimum atomic E-state index is -0.558. The van der Waals surface area contributed by atoms with Crippen molar-refractivity contribution in [3.8, 4) is 33.9 Å². The summed E-state index contributed by atoms with van der Waals surface area (Å²) in [5, 5.41) is 0. The lowest BCUT2D eigenvalue weighted by Crippen LogP contribution is -2.31. The monoisotopic (exact) mass is 672 g/mol. The van der Waals surface area contributed by atoms with Gasteiger partial charge in [0.2, 0.25) is 0 Å². The van der Waals surface area contributed by atoms with Gasteiger partial charge < -0.3 is 0 Å². The van der Waals surface area contributed by atoms with Crippen LogP contribution in [0.2, 0.25) is 0 Å². The number of nitrogens with zero attached hydrogens (tertiary/aromatic N) is 2. The van der Waals surface area contributed by atoms with Crippen molar-refractivity contribution in [1.82, 2.24) is 9.97 Å². The van der Waals surface area contributed by atoms with E-state index < -0.39 is 5.41 Å². The van der Waals surface area contributed by atoms with Gasteiger partial charge in [-0.05, 0) is 71.1 Å². The molecule has 0 aliphatic carbocycles. The lowest BCUT2D eigenvalue weighted by molar-refractivity contribution is 0.745. The van der Waals surface area contributed by atoms with E-state index in [-0.39, 0.29) is 0 Å². The second-order valence-corrected chi connectivity index (χ2v) is 13.8. The maximum atomic E-state index is 5.30. The molecule has 1 heterocycles. The van der Waals surface area contributed by atoms with Crippen LogP contribution in [0.5, 0.6) is 0 Å². The van der Waals surface area contributed by atoms with Crippen LogP contribution in [0.3, 0.4) is 0 Å². The maximum Gasteiger partial charge on any atom is 0.160 e. The fraction of sp³-hybridized carbons (Fsp3) is 0.0417. The third-order valence-corrected chi connectivity index (χ3v) is 10.4. The Kier molecular flexibility index (Phi) is 9.12. The Morgan fingerprint density at radius 3 is 1.51 bits per heavy atom. The summed E-state index contributed by atoms with van der Waals surface area (Å²) in [7, 11) is 0. The van der Waals surface area contributed by atoms with Crippen LogP contribution in [0.15, 0.2) is 210 Å². The van der Waals surface area contributed by atoms with Crippen molar-refractivity contribution in [2.45, 2.75) is 22.1 Å². The number of hydrogen-bond donors (Lipinski definition) is 0. The molecule has 7 aromatic carbocycles. The Hall–Kier alpha value is -6.03. The summed E-state index contributed by atoms with van der Waals surface area (Å²) in [6.45, 7) is 2.14. The molecule has 244 valence electrons. The topological polar surface area (TPSA) is 25.8 Å². The summed E-state index contributed by atoms with van der Waals surface area (Å²) in [6, 6.07) is 71.0. The van der Waals surface area contributed by atoms with Gasteiger partial charge >= 0.3 is 0 Å². The van der Waals surface area contributed by atoms with E-state index in [0.717, 1.165) is 33.0 Å². The molecule has 8 rings (SSSR count). The molecule has 51 heavy (non-hydrogen) atoms. The molecule has 8 aromatic rings. The molecule has 0 saturated carbocycles. The van der Waals surface area contributed by atoms with Crippen LogP contribution in [0.4, 0.5) is 0 Å². The Labute approximate surface area is 304 Å². The van der Waals surface area contributed by atoms with Crippen molar-refractivity contribution >= 4 is 11.8 Å². The van der Waals surface area contributed by atoms with Crippen LogP contribution in [0.25, 0.3) is 33.9 Å². The molecule has 0 unspecified atom stereocenters. The van der Waals surface area contributed by atoms with Gasteiger partial charge in [-0.1, -0.05) is 176 Å². The van der Waals surface area contributed by atoms with Crippen molar-refractivity contribution in [2.75, 3.05) is 0 Å². The molecule has 0 amide bonds. The quantitative estimate of drug-likeness (QED) is 0.143. The molecule has 0 aliphatic heterocycles. The largest absolute Gasteiger partial charge is 0.228 e. The molecular weight excluding hydrogens is 637 g/mol. The van der Waals surface area contributed by atoms with E-state index in [1.807, 2.05) is 6.07 Å². The van der Waals surface area contributed by atoms with Crippen LogP contribution < -0.4 is 0 Å². The molecule has 0 aliphatic rings. The highest BCUT2D eigenvalue weighted by Crippen LogP contribution is 2.46. The number of hydrogen-bond acceptors (Lipinski definition) is 3. The zero-order valence-electron chi connectivity index (χ0n) is 28.4. The van der Waals surface area contributed by atoms with E-state index in [1.165, 1.54) is 32.7 Å². The van der Waals surface area contributed by atoms with Crippen LogP contribution in [0, 0.1) is 6.92 Å². The van der Waals surface area contributed by atoms with Gasteiger partial charge in [-0.3, -0.25) is 0 Å². The van der Waals surface area contributed by atoms with Gasteiger partial charge in [0.15, 0.2) is 5.82 Å². The molecular formula is C48H36N2S. The van der Waals surface area contributed by atoms with Gasteiger partial charge in [-0.15, -0.1) is 0 Å². The summed E-state index contributed by atoms with van der Waals surface area (Å²) in [6.07, 6.45) is 0. The first-order valence-corrected chi connectivity index (χ1v) is 18.1. The lowest BCUT2D eigenvalue weighted by Gasteiger charge is -2.37. The van der Waals surface area contributed by atoms with Crippen molar-refractivity contribution < 1.29 is 0 Å². The standard InChI is InChI=1S/C48H36N2S/c1-35-18-14-15-31-44(35)46-34-45(49-47(50-46)37-20-17-30-43(33-37)51-42-28-12-5-13-29-42)36-19-16-27-41(32-36)48(38-21-6-2-7-22-38,39-23-8-3-9-24-39)40-25-10-4-11-26-40/h2-34H,1H3. The second kappa shape index (κ2) is 14.4. The van der Waals surface area contributed by atoms with Crippen molar-refractivity contribution in [2.24, 2.45) is 0 Å². The van der Waals surface area contributed by atoms with E-state index in [2.05, 4.69) is 201 Å². The van der Waals surface area contributed by atoms with Crippen molar-refractivity contribution in [3.63, 3.8) is 0 Å². The van der Waals surface area contributed by atoms with Gasteiger partial charge in [0.25, 0.3) is 0 Å². The van der Waals surface area contributed by atoms with E-state index in [0.29, 0.717) is 5.82 Å². The molecule has 2 nitrogen and oxygen atoms in total. The Balaban J connectivity index is 1.33. The molecule has 0 bridgehead atoms. The molecule has 0 atom stereocenters. The Morgan fingerprint density at radius 2 is 0.882 bits per heavy atom. The maximum absolute atomic E-state index is 5.30. The summed E-state index contributed by atoms with van der Waals surface area (Å²) in [5.41, 5.74) is 10.3.